The summed E-state index contributed by atoms with van der Waals surface area (Å²) >= 11 is 5.85. The molecule has 0 saturated carbocycles. The van der Waals surface area contributed by atoms with Gasteiger partial charge in [0, 0.05) is 18.8 Å². The first-order valence-electron chi connectivity index (χ1n) is 10.6. The average molecular weight is 400 g/mol. The Labute approximate surface area is 174 Å². The molecule has 2 aromatic rings. The lowest BCUT2D eigenvalue weighted by Gasteiger charge is -2.29. The van der Waals surface area contributed by atoms with E-state index < -0.39 is 0 Å². The molecule has 0 spiro atoms. The smallest absolute Gasteiger partial charge is 0.173 e. The molecule has 1 aliphatic rings. The van der Waals surface area contributed by atoms with Crippen LogP contribution < -0.4 is 5.32 Å². The topological polar surface area (TPSA) is 31.6 Å². The second kappa shape index (κ2) is 10.6. The molecular formula is C23H33N3OS. The number of nitrogens with zero attached hydrogens (tertiary/aromatic N) is 2. The van der Waals surface area contributed by atoms with Crippen molar-refractivity contribution < 1.29 is 4.42 Å². The van der Waals surface area contributed by atoms with Crippen molar-refractivity contribution in [1.82, 2.24) is 9.80 Å². The van der Waals surface area contributed by atoms with Crippen LogP contribution in [0.15, 0.2) is 41.0 Å². The van der Waals surface area contributed by atoms with E-state index in [1.807, 2.05) is 12.1 Å². The molecule has 0 bridgehead atoms. The number of thiocarbonyl (C=S) groups is 1. The summed E-state index contributed by atoms with van der Waals surface area (Å²) in [4.78, 5) is 4.82. The molecule has 0 aliphatic carbocycles. The fourth-order valence-electron chi connectivity index (χ4n) is 3.85. The lowest BCUT2D eigenvalue weighted by atomic mass is 10.1. The second-order valence-corrected chi connectivity index (χ2v) is 8.04. The largest absolute Gasteiger partial charge is 0.467 e. The van der Waals surface area contributed by atoms with Crippen molar-refractivity contribution >= 4 is 23.0 Å². The van der Waals surface area contributed by atoms with Gasteiger partial charge in [-0.2, -0.15) is 0 Å². The average Bonchev–Trinajstić information content (AvgIpc) is 3.07. The van der Waals surface area contributed by atoms with E-state index in [-0.39, 0.29) is 0 Å². The number of aryl methyl sites for hydroxylation is 2. The van der Waals surface area contributed by atoms with E-state index in [0.717, 1.165) is 36.1 Å². The number of likely N-dealkylation sites (tertiary alicyclic amines) is 1. The molecule has 5 heteroatoms. The molecule has 152 valence electrons. The van der Waals surface area contributed by atoms with E-state index in [2.05, 4.69) is 47.2 Å². The molecular weight excluding hydrogens is 366 g/mol. The van der Waals surface area contributed by atoms with Crippen LogP contribution in [0, 0.1) is 6.92 Å². The first-order valence-corrected chi connectivity index (χ1v) is 11.0. The molecule has 1 fully saturated rings. The maximum Gasteiger partial charge on any atom is 0.173 e. The van der Waals surface area contributed by atoms with Crippen molar-refractivity contribution in [3.63, 3.8) is 0 Å². The van der Waals surface area contributed by atoms with Crippen molar-refractivity contribution in [2.24, 2.45) is 0 Å². The molecule has 1 aromatic carbocycles. The Balaban J connectivity index is 1.69. The van der Waals surface area contributed by atoms with E-state index >= 15 is 0 Å². The summed E-state index contributed by atoms with van der Waals surface area (Å²) in [6.07, 6.45) is 8.06. The minimum absolute atomic E-state index is 0.694. The van der Waals surface area contributed by atoms with Gasteiger partial charge in [0.25, 0.3) is 0 Å². The number of hydrogen-bond acceptors (Lipinski definition) is 3. The van der Waals surface area contributed by atoms with Gasteiger partial charge in [-0.15, -0.1) is 0 Å². The fraction of sp³-hybridized carbons (Fsp3) is 0.522. The Morgan fingerprint density at radius 2 is 1.93 bits per heavy atom. The van der Waals surface area contributed by atoms with E-state index in [4.69, 9.17) is 16.6 Å². The number of nitrogens with one attached hydrogen (secondary N) is 1. The number of para-hydroxylation sites is 1. The zero-order valence-corrected chi connectivity index (χ0v) is 18.1. The van der Waals surface area contributed by atoms with Crippen LogP contribution in [0.2, 0.25) is 0 Å². The van der Waals surface area contributed by atoms with Gasteiger partial charge in [0.1, 0.15) is 5.76 Å². The number of furan rings is 1. The van der Waals surface area contributed by atoms with Gasteiger partial charge in [-0.25, -0.2) is 0 Å². The highest BCUT2D eigenvalue weighted by Gasteiger charge is 2.17. The highest BCUT2D eigenvalue weighted by Crippen LogP contribution is 2.22. The van der Waals surface area contributed by atoms with Crippen LogP contribution in [-0.2, 0) is 13.0 Å². The van der Waals surface area contributed by atoms with Crippen LogP contribution in [0.1, 0.15) is 49.5 Å². The summed E-state index contributed by atoms with van der Waals surface area (Å²) in [7, 11) is 0. The van der Waals surface area contributed by atoms with Gasteiger partial charge in [0.2, 0.25) is 0 Å². The van der Waals surface area contributed by atoms with Crippen LogP contribution in [-0.4, -0.2) is 41.1 Å². The van der Waals surface area contributed by atoms with Gasteiger partial charge >= 0.3 is 0 Å². The molecule has 1 aromatic heterocycles. The molecule has 0 radical (unpaired) electrons. The normalized spacial score (nSPS) is 15.2. The molecule has 3 rings (SSSR count). The SMILES string of the molecule is CCc1cccc(C)c1NC(=S)N(CCN1CCCCCC1)Cc1ccco1. The Kier molecular flexibility index (Phi) is 7.92. The van der Waals surface area contributed by atoms with Crippen LogP contribution in [0.5, 0.6) is 0 Å². The molecule has 0 amide bonds. The first kappa shape index (κ1) is 20.9. The summed E-state index contributed by atoms with van der Waals surface area (Å²) in [6, 6.07) is 10.4. The zero-order chi connectivity index (χ0) is 19.8. The highest BCUT2D eigenvalue weighted by atomic mass is 32.1. The summed E-state index contributed by atoms with van der Waals surface area (Å²) in [6.45, 7) is 9.36. The zero-order valence-electron chi connectivity index (χ0n) is 17.2. The van der Waals surface area contributed by atoms with E-state index in [9.17, 15) is 0 Å². The predicted octanol–water partition coefficient (Wildman–Crippen LogP) is 5.23. The van der Waals surface area contributed by atoms with E-state index in [0.29, 0.717) is 6.54 Å². The summed E-state index contributed by atoms with van der Waals surface area (Å²) in [5.74, 6) is 0.945. The Bertz CT molecular complexity index is 736. The molecule has 2 heterocycles. The Morgan fingerprint density at radius 3 is 2.61 bits per heavy atom. The summed E-state index contributed by atoms with van der Waals surface area (Å²) < 4.78 is 5.60. The van der Waals surface area contributed by atoms with Gasteiger partial charge in [-0.3, -0.25) is 0 Å². The van der Waals surface area contributed by atoms with Crippen LogP contribution in [0.3, 0.4) is 0 Å². The molecule has 28 heavy (non-hydrogen) atoms. The standard InChI is InChI=1S/C23H33N3OS/c1-3-20-11-8-10-19(2)22(20)24-23(28)26(18-21-12-9-17-27-21)16-15-25-13-6-4-5-7-14-25/h8-12,17H,3-7,13-16,18H2,1-2H3,(H,24,28). The van der Waals surface area contributed by atoms with E-state index in [1.54, 1.807) is 6.26 Å². The molecule has 0 unspecified atom stereocenters. The molecule has 4 nitrogen and oxygen atoms in total. The first-order chi connectivity index (χ1) is 13.7. The maximum absolute atomic E-state index is 5.85. The molecule has 1 saturated heterocycles. The Hall–Kier alpha value is -1.85. The quantitative estimate of drug-likeness (QED) is 0.645. The second-order valence-electron chi connectivity index (χ2n) is 7.65. The number of rotatable bonds is 7. The number of benzene rings is 1. The Morgan fingerprint density at radius 1 is 1.14 bits per heavy atom. The van der Waals surface area contributed by atoms with Crippen LogP contribution >= 0.6 is 12.2 Å². The van der Waals surface area contributed by atoms with Crippen molar-refractivity contribution in [2.75, 3.05) is 31.5 Å². The van der Waals surface area contributed by atoms with Crippen molar-refractivity contribution in [3.05, 3.63) is 53.5 Å². The summed E-state index contributed by atoms with van der Waals surface area (Å²) in [5, 5.41) is 4.31. The fourth-order valence-corrected chi connectivity index (χ4v) is 4.11. The minimum atomic E-state index is 0.694. The third kappa shape index (κ3) is 5.82. The van der Waals surface area contributed by atoms with Crippen LogP contribution in [0.4, 0.5) is 5.69 Å². The molecule has 1 N–H and O–H groups in total. The minimum Gasteiger partial charge on any atom is -0.467 e. The monoisotopic (exact) mass is 399 g/mol. The lowest BCUT2D eigenvalue weighted by Crippen LogP contribution is -2.40. The number of hydrogen-bond donors (Lipinski definition) is 1. The van der Waals surface area contributed by atoms with Gasteiger partial charge in [-0.1, -0.05) is 38.0 Å². The predicted molar refractivity (Wildman–Crippen MR) is 121 cm³/mol. The number of anilines is 1. The van der Waals surface area contributed by atoms with Crippen molar-refractivity contribution in [2.45, 2.75) is 52.5 Å². The van der Waals surface area contributed by atoms with Crippen molar-refractivity contribution in [1.29, 1.82) is 0 Å². The van der Waals surface area contributed by atoms with E-state index in [1.165, 1.54) is 49.9 Å². The van der Waals surface area contributed by atoms with Gasteiger partial charge in [-0.05, 0) is 74.8 Å². The third-order valence-electron chi connectivity index (χ3n) is 5.57. The van der Waals surface area contributed by atoms with Crippen molar-refractivity contribution in [3.8, 4) is 0 Å². The van der Waals surface area contributed by atoms with Gasteiger partial charge < -0.3 is 19.5 Å². The summed E-state index contributed by atoms with van der Waals surface area (Å²) in [5.41, 5.74) is 3.68. The van der Waals surface area contributed by atoms with Gasteiger partial charge in [0.05, 0.1) is 12.8 Å². The molecule has 1 aliphatic heterocycles. The van der Waals surface area contributed by atoms with Gasteiger partial charge in [0.15, 0.2) is 5.11 Å². The lowest BCUT2D eigenvalue weighted by molar-refractivity contribution is 0.247. The third-order valence-corrected chi connectivity index (χ3v) is 5.93. The highest BCUT2D eigenvalue weighted by molar-refractivity contribution is 7.80. The van der Waals surface area contributed by atoms with Crippen LogP contribution in [0.25, 0.3) is 0 Å². The molecule has 0 atom stereocenters. The maximum atomic E-state index is 5.85.